The van der Waals surface area contributed by atoms with Crippen LogP contribution in [0.4, 0.5) is 0 Å². The topological polar surface area (TPSA) is 0 Å². The fourth-order valence-electron chi connectivity index (χ4n) is 3.25. The van der Waals surface area contributed by atoms with Gasteiger partial charge in [-0.25, -0.2) is 0 Å². The molecule has 0 amide bonds. The van der Waals surface area contributed by atoms with Gasteiger partial charge in [0.2, 0.25) is 0 Å². The second kappa shape index (κ2) is 5.78. The molecule has 0 saturated heterocycles. The van der Waals surface area contributed by atoms with Crippen molar-refractivity contribution >= 4 is 0 Å². The standard InChI is InChI=1S/C14H28/c1-5-7-8-14-12(4)11(3)9-10-13(14)6-2/h11-14H,5-10H2,1-4H3. The molecular weight excluding hydrogens is 168 g/mol. The first-order valence-electron chi connectivity index (χ1n) is 6.70. The van der Waals surface area contributed by atoms with E-state index in [1.807, 2.05) is 0 Å². The highest BCUT2D eigenvalue weighted by atomic mass is 14.4. The Labute approximate surface area is 90.5 Å². The van der Waals surface area contributed by atoms with Crippen LogP contribution < -0.4 is 0 Å². The molecule has 0 radical (unpaired) electrons. The Bertz CT molecular complexity index is 148. The third kappa shape index (κ3) is 2.74. The second-order valence-electron chi connectivity index (χ2n) is 5.39. The van der Waals surface area contributed by atoms with Crippen LogP contribution in [0.1, 0.15) is 66.2 Å². The van der Waals surface area contributed by atoms with Crippen molar-refractivity contribution in [2.75, 3.05) is 0 Å². The Morgan fingerprint density at radius 3 is 2.36 bits per heavy atom. The predicted molar refractivity (Wildman–Crippen MR) is 64.4 cm³/mol. The van der Waals surface area contributed by atoms with Crippen molar-refractivity contribution in [2.24, 2.45) is 23.7 Å². The van der Waals surface area contributed by atoms with E-state index < -0.39 is 0 Å². The maximum absolute atomic E-state index is 2.49. The van der Waals surface area contributed by atoms with Gasteiger partial charge in [-0.1, -0.05) is 53.4 Å². The van der Waals surface area contributed by atoms with E-state index in [0.717, 1.165) is 23.7 Å². The fraction of sp³-hybridized carbons (Fsp3) is 1.00. The van der Waals surface area contributed by atoms with Crippen molar-refractivity contribution in [3.8, 4) is 0 Å². The van der Waals surface area contributed by atoms with Crippen molar-refractivity contribution < 1.29 is 0 Å². The van der Waals surface area contributed by atoms with E-state index >= 15 is 0 Å². The number of hydrogen-bond donors (Lipinski definition) is 0. The van der Waals surface area contributed by atoms with E-state index in [4.69, 9.17) is 0 Å². The van der Waals surface area contributed by atoms with Crippen molar-refractivity contribution in [2.45, 2.75) is 66.2 Å². The Morgan fingerprint density at radius 1 is 1.07 bits per heavy atom. The summed E-state index contributed by atoms with van der Waals surface area (Å²) in [6.45, 7) is 9.65. The highest BCUT2D eigenvalue weighted by Gasteiger charge is 2.32. The number of unbranched alkanes of at least 4 members (excludes halogenated alkanes) is 1. The lowest BCUT2D eigenvalue weighted by atomic mass is 9.65. The van der Waals surface area contributed by atoms with Crippen LogP contribution in [-0.2, 0) is 0 Å². The normalized spacial score (nSPS) is 38.6. The Morgan fingerprint density at radius 2 is 1.79 bits per heavy atom. The van der Waals surface area contributed by atoms with Gasteiger partial charge in [-0.15, -0.1) is 0 Å². The molecule has 0 N–H and O–H groups in total. The summed E-state index contributed by atoms with van der Waals surface area (Å²) >= 11 is 0. The maximum atomic E-state index is 2.49. The molecule has 1 rings (SSSR count). The van der Waals surface area contributed by atoms with Crippen molar-refractivity contribution in [3.63, 3.8) is 0 Å². The van der Waals surface area contributed by atoms with E-state index in [1.54, 1.807) is 0 Å². The smallest absolute Gasteiger partial charge is 0.0358 e. The summed E-state index contributed by atoms with van der Waals surface area (Å²) in [6.07, 6.45) is 8.68. The molecule has 0 aromatic carbocycles. The molecule has 0 aromatic heterocycles. The van der Waals surface area contributed by atoms with Gasteiger partial charge < -0.3 is 0 Å². The first-order chi connectivity index (χ1) is 6.70. The molecule has 0 heterocycles. The van der Waals surface area contributed by atoms with Gasteiger partial charge >= 0.3 is 0 Å². The molecule has 1 saturated carbocycles. The highest BCUT2D eigenvalue weighted by Crippen LogP contribution is 2.42. The zero-order chi connectivity index (χ0) is 10.6. The van der Waals surface area contributed by atoms with Gasteiger partial charge in [0.25, 0.3) is 0 Å². The van der Waals surface area contributed by atoms with Crippen LogP contribution in [-0.4, -0.2) is 0 Å². The Balaban J connectivity index is 2.52. The minimum absolute atomic E-state index is 0.972. The van der Waals surface area contributed by atoms with E-state index in [2.05, 4.69) is 27.7 Å². The molecule has 1 aliphatic rings. The molecule has 1 fully saturated rings. The molecular formula is C14H28. The Kier molecular flexibility index (Phi) is 4.98. The van der Waals surface area contributed by atoms with Gasteiger partial charge in [0, 0.05) is 0 Å². The van der Waals surface area contributed by atoms with Crippen LogP contribution >= 0.6 is 0 Å². The molecule has 1 aliphatic carbocycles. The van der Waals surface area contributed by atoms with Gasteiger partial charge in [0.05, 0.1) is 0 Å². The largest absolute Gasteiger partial charge is 0.0654 e. The van der Waals surface area contributed by atoms with Crippen LogP contribution in [0.5, 0.6) is 0 Å². The van der Waals surface area contributed by atoms with Gasteiger partial charge in [0.1, 0.15) is 0 Å². The van der Waals surface area contributed by atoms with E-state index in [-0.39, 0.29) is 0 Å². The lowest BCUT2D eigenvalue weighted by Crippen LogP contribution is -2.31. The maximum Gasteiger partial charge on any atom is -0.0358 e. The van der Waals surface area contributed by atoms with E-state index in [1.165, 1.54) is 38.5 Å². The lowest BCUT2D eigenvalue weighted by Gasteiger charge is -2.40. The quantitative estimate of drug-likeness (QED) is 0.601. The summed E-state index contributed by atoms with van der Waals surface area (Å²) in [5.74, 6) is 4.01. The van der Waals surface area contributed by atoms with E-state index in [0.29, 0.717) is 0 Å². The van der Waals surface area contributed by atoms with Gasteiger partial charge in [0.15, 0.2) is 0 Å². The molecule has 0 spiro atoms. The van der Waals surface area contributed by atoms with E-state index in [9.17, 15) is 0 Å². The summed E-state index contributed by atoms with van der Waals surface area (Å²) in [6, 6.07) is 0. The van der Waals surface area contributed by atoms with Crippen LogP contribution in [0.2, 0.25) is 0 Å². The zero-order valence-electron chi connectivity index (χ0n) is 10.6. The summed E-state index contributed by atoms with van der Waals surface area (Å²) in [5, 5.41) is 0. The zero-order valence-corrected chi connectivity index (χ0v) is 10.6. The minimum Gasteiger partial charge on any atom is -0.0654 e. The molecule has 0 heteroatoms. The second-order valence-corrected chi connectivity index (χ2v) is 5.39. The monoisotopic (exact) mass is 196 g/mol. The lowest BCUT2D eigenvalue weighted by molar-refractivity contribution is 0.0986. The average Bonchev–Trinajstić information content (AvgIpc) is 2.20. The predicted octanol–water partition coefficient (Wildman–Crippen LogP) is 4.89. The van der Waals surface area contributed by atoms with Crippen molar-refractivity contribution in [1.82, 2.24) is 0 Å². The van der Waals surface area contributed by atoms with Gasteiger partial charge in [-0.2, -0.15) is 0 Å². The molecule has 0 bridgehead atoms. The SMILES string of the molecule is CCCCC1C(CC)CCC(C)C1C. The number of rotatable bonds is 4. The first-order valence-corrected chi connectivity index (χ1v) is 6.70. The fourth-order valence-corrected chi connectivity index (χ4v) is 3.25. The molecule has 0 aromatic rings. The van der Waals surface area contributed by atoms with Gasteiger partial charge in [-0.3, -0.25) is 0 Å². The van der Waals surface area contributed by atoms with Crippen molar-refractivity contribution in [3.05, 3.63) is 0 Å². The highest BCUT2D eigenvalue weighted by molar-refractivity contribution is 4.82. The minimum atomic E-state index is 0.972. The molecule has 84 valence electrons. The summed E-state index contributed by atoms with van der Waals surface area (Å²) in [7, 11) is 0. The van der Waals surface area contributed by atoms with Gasteiger partial charge in [-0.05, 0) is 36.5 Å². The summed E-state index contributed by atoms with van der Waals surface area (Å²) in [5.41, 5.74) is 0. The summed E-state index contributed by atoms with van der Waals surface area (Å²) in [4.78, 5) is 0. The van der Waals surface area contributed by atoms with Crippen LogP contribution in [0.3, 0.4) is 0 Å². The van der Waals surface area contributed by atoms with Crippen LogP contribution in [0.15, 0.2) is 0 Å². The molecule has 4 atom stereocenters. The summed E-state index contributed by atoms with van der Waals surface area (Å²) < 4.78 is 0. The molecule has 0 nitrogen and oxygen atoms in total. The third-order valence-corrected chi connectivity index (χ3v) is 4.59. The molecule has 4 unspecified atom stereocenters. The Hall–Kier alpha value is 0. The third-order valence-electron chi connectivity index (χ3n) is 4.59. The molecule has 0 aliphatic heterocycles. The van der Waals surface area contributed by atoms with Crippen LogP contribution in [0, 0.1) is 23.7 Å². The molecule has 14 heavy (non-hydrogen) atoms. The average molecular weight is 196 g/mol. The number of hydrogen-bond acceptors (Lipinski definition) is 0. The van der Waals surface area contributed by atoms with Crippen molar-refractivity contribution in [1.29, 1.82) is 0 Å². The van der Waals surface area contributed by atoms with Crippen LogP contribution in [0.25, 0.3) is 0 Å². The first kappa shape index (κ1) is 12.1.